The molecule has 0 N–H and O–H groups in total. The second kappa shape index (κ2) is 14.5. The summed E-state index contributed by atoms with van der Waals surface area (Å²) in [7, 11) is 0. The molecule has 286 valence electrons. The topological polar surface area (TPSA) is 16.4 Å². The van der Waals surface area contributed by atoms with Crippen molar-refractivity contribution in [2.45, 2.75) is 0 Å². The van der Waals surface area contributed by atoms with Crippen LogP contribution in [0.2, 0.25) is 0 Å². The fourth-order valence-electron chi connectivity index (χ4n) is 9.09. The molecule has 0 spiro atoms. The number of furan rings is 1. The monoisotopic (exact) mass is 795 g/mol. The summed E-state index contributed by atoms with van der Waals surface area (Å²) >= 11 is 1.87. The van der Waals surface area contributed by atoms with Gasteiger partial charge in [-0.2, -0.15) is 0 Å². The Hall–Kier alpha value is -7.72. The molecule has 0 atom stereocenters. The van der Waals surface area contributed by atoms with Gasteiger partial charge in [-0.15, -0.1) is 11.3 Å². The predicted molar refractivity (Wildman–Crippen MR) is 261 cm³/mol. The molecule has 0 unspecified atom stereocenters. The van der Waals surface area contributed by atoms with E-state index in [1.165, 1.54) is 53.6 Å². The molecule has 12 rings (SSSR count). The van der Waals surface area contributed by atoms with Crippen LogP contribution in [0.5, 0.6) is 0 Å². The zero-order valence-electron chi connectivity index (χ0n) is 33.1. The lowest BCUT2D eigenvalue weighted by atomic mass is 9.95. The first-order valence-corrected chi connectivity index (χ1v) is 21.6. The Morgan fingerprint density at radius 1 is 0.344 bits per heavy atom. The fraction of sp³-hybridized carbons (Fsp3) is 0. The van der Waals surface area contributed by atoms with E-state index in [0.717, 1.165) is 60.9 Å². The number of thiophene rings is 1. The van der Waals surface area contributed by atoms with Crippen molar-refractivity contribution in [3.8, 4) is 44.5 Å². The quantitative estimate of drug-likeness (QED) is 0.160. The fourth-order valence-corrected chi connectivity index (χ4v) is 10.3. The molecule has 0 aliphatic carbocycles. The Bertz CT molecular complexity index is 3550. The molecule has 2 heterocycles. The van der Waals surface area contributed by atoms with Crippen LogP contribution in [-0.2, 0) is 0 Å². The van der Waals surface area contributed by atoms with Crippen molar-refractivity contribution in [1.82, 2.24) is 0 Å². The van der Waals surface area contributed by atoms with Crippen LogP contribution >= 0.6 is 11.3 Å². The maximum atomic E-state index is 6.98. The molecule has 0 fully saturated rings. The Labute approximate surface area is 357 Å². The van der Waals surface area contributed by atoms with Crippen molar-refractivity contribution in [2.75, 3.05) is 4.90 Å². The zero-order valence-corrected chi connectivity index (χ0v) is 33.9. The third kappa shape index (κ3) is 6.09. The summed E-state index contributed by atoms with van der Waals surface area (Å²) in [6, 6.07) is 81.0. The van der Waals surface area contributed by atoms with Gasteiger partial charge in [-0.05, 0) is 92.4 Å². The van der Waals surface area contributed by atoms with E-state index in [1.807, 2.05) is 11.3 Å². The summed E-state index contributed by atoms with van der Waals surface area (Å²) in [4.78, 5) is 2.37. The molecule has 10 aromatic carbocycles. The van der Waals surface area contributed by atoms with Crippen molar-refractivity contribution in [3.05, 3.63) is 224 Å². The van der Waals surface area contributed by atoms with Crippen LogP contribution in [0.3, 0.4) is 0 Å². The molecule has 0 aliphatic heterocycles. The lowest BCUT2D eigenvalue weighted by Gasteiger charge is -2.27. The normalized spacial score (nSPS) is 11.6. The van der Waals surface area contributed by atoms with E-state index in [0.29, 0.717) is 0 Å². The van der Waals surface area contributed by atoms with Gasteiger partial charge in [0.15, 0.2) is 0 Å². The lowest BCUT2D eigenvalue weighted by molar-refractivity contribution is 0.673. The Morgan fingerprint density at radius 2 is 0.885 bits per heavy atom. The average Bonchev–Trinajstić information content (AvgIpc) is 3.92. The maximum Gasteiger partial charge on any atom is 0.143 e. The Kier molecular flexibility index (Phi) is 8.39. The minimum atomic E-state index is 0.852. The molecule has 61 heavy (non-hydrogen) atoms. The molecular formula is C58H37NOS. The van der Waals surface area contributed by atoms with Gasteiger partial charge in [-0.3, -0.25) is 0 Å². The van der Waals surface area contributed by atoms with Gasteiger partial charge in [-0.1, -0.05) is 176 Å². The molecule has 3 heteroatoms. The predicted octanol–water partition coefficient (Wildman–Crippen LogP) is 17.2. The van der Waals surface area contributed by atoms with Gasteiger partial charge in [0.2, 0.25) is 0 Å². The molecular weight excluding hydrogens is 759 g/mol. The van der Waals surface area contributed by atoms with E-state index < -0.39 is 0 Å². The SMILES string of the molecule is c1ccc(-c2ccc(-c3cc(N(c4ccc(-c5ccccc5)cc4)c4ccc(-c5cccc6c5sc5ccccc56)cc4)cc4oc5c6ccccc6ccc5c34)cc2)cc1. The molecule has 0 amide bonds. The van der Waals surface area contributed by atoms with Gasteiger partial charge in [0.05, 0.1) is 5.69 Å². The highest BCUT2D eigenvalue weighted by molar-refractivity contribution is 7.26. The van der Waals surface area contributed by atoms with Crippen LogP contribution in [-0.4, -0.2) is 0 Å². The molecule has 2 nitrogen and oxygen atoms in total. The van der Waals surface area contributed by atoms with Gasteiger partial charge in [0, 0.05) is 53.8 Å². The molecule has 0 bridgehead atoms. The highest BCUT2D eigenvalue weighted by Gasteiger charge is 2.21. The minimum absolute atomic E-state index is 0.852. The Morgan fingerprint density at radius 3 is 1.59 bits per heavy atom. The van der Waals surface area contributed by atoms with Crippen LogP contribution in [0.1, 0.15) is 0 Å². The lowest BCUT2D eigenvalue weighted by Crippen LogP contribution is -2.10. The van der Waals surface area contributed by atoms with Crippen molar-refractivity contribution in [1.29, 1.82) is 0 Å². The molecule has 2 aromatic heterocycles. The second-order valence-corrected chi connectivity index (χ2v) is 16.7. The van der Waals surface area contributed by atoms with E-state index in [9.17, 15) is 0 Å². The third-order valence-corrected chi connectivity index (χ3v) is 13.3. The average molecular weight is 796 g/mol. The molecule has 12 aromatic rings. The summed E-state index contributed by atoms with van der Waals surface area (Å²) in [5, 5.41) is 7.11. The molecule has 0 saturated heterocycles. The number of fused-ring (bicyclic) bond motifs is 8. The summed E-state index contributed by atoms with van der Waals surface area (Å²) in [5.41, 5.74) is 14.4. The van der Waals surface area contributed by atoms with Crippen LogP contribution in [0.25, 0.3) is 97.4 Å². The summed E-state index contributed by atoms with van der Waals surface area (Å²) in [6.07, 6.45) is 0. The molecule has 0 radical (unpaired) electrons. The first-order chi connectivity index (χ1) is 30.2. The molecule has 0 aliphatic rings. The largest absolute Gasteiger partial charge is 0.455 e. The summed E-state index contributed by atoms with van der Waals surface area (Å²) in [6.45, 7) is 0. The van der Waals surface area contributed by atoms with E-state index in [4.69, 9.17) is 4.42 Å². The first kappa shape index (κ1) is 35.2. The van der Waals surface area contributed by atoms with Crippen LogP contribution in [0.4, 0.5) is 17.1 Å². The maximum absolute atomic E-state index is 6.98. The van der Waals surface area contributed by atoms with Crippen LogP contribution in [0, 0.1) is 0 Å². The van der Waals surface area contributed by atoms with Crippen LogP contribution < -0.4 is 4.90 Å². The number of anilines is 3. The molecule has 0 saturated carbocycles. The standard InChI is InChI=1S/C58H37NOS/c1-3-12-38(13-4-1)40-22-24-44(25-23-40)53-36-47(37-54-56(53)52-35-30-42-16-7-8-17-48(42)57(52)60-54)59(45-31-26-41(27-32-45)39-14-5-2-6-15-39)46-33-28-43(29-34-46)49-19-11-20-51-50-18-9-10-21-55(50)61-58(49)51/h1-37H. The van der Waals surface area contributed by atoms with Gasteiger partial charge in [-0.25, -0.2) is 0 Å². The number of hydrogen-bond acceptors (Lipinski definition) is 3. The van der Waals surface area contributed by atoms with Crippen LogP contribution in [0.15, 0.2) is 229 Å². The third-order valence-electron chi connectivity index (χ3n) is 12.1. The number of rotatable bonds is 7. The highest BCUT2D eigenvalue weighted by Crippen LogP contribution is 2.46. The van der Waals surface area contributed by atoms with Crippen molar-refractivity contribution in [3.63, 3.8) is 0 Å². The van der Waals surface area contributed by atoms with Gasteiger partial charge >= 0.3 is 0 Å². The number of hydrogen-bond donors (Lipinski definition) is 0. The van der Waals surface area contributed by atoms with Crippen molar-refractivity contribution in [2.24, 2.45) is 0 Å². The zero-order chi connectivity index (χ0) is 40.3. The summed E-state index contributed by atoms with van der Waals surface area (Å²) < 4.78 is 9.60. The van der Waals surface area contributed by atoms with Crippen molar-refractivity contribution >= 4 is 81.3 Å². The second-order valence-electron chi connectivity index (χ2n) is 15.7. The summed E-state index contributed by atoms with van der Waals surface area (Å²) in [5.74, 6) is 0. The van der Waals surface area contributed by atoms with E-state index in [-0.39, 0.29) is 0 Å². The van der Waals surface area contributed by atoms with E-state index in [1.54, 1.807) is 0 Å². The smallest absolute Gasteiger partial charge is 0.143 e. The van der Waals surface area contributed by atoms with Crippen molar-refractivity contribution < 1.29 is 4.42 Å². The van der Waals surface area contributed by atoms with Gasteiger partial charge in [0.25, 0.3) is 0 Å². The number of nitrogens with zero attached hydrogens (tertiary/aromatic N) is 1. The van der Waals surface area contributed by atoms with Gasteiger partial charge in [0.1, 0.15) is 11.2 Å². The van der Waals surface area contributed by atoms with E-state index >= 15 is 0 Å². The first-order valence-electron chi connectivity index (χ1n) is 20.7. The minimum Gasteiger partial charge on any atom is -0.455 e. The van der Waals surface area contributed by atoms with Gasteiger partial charge < -0.3 is 9.32 Å². The Balaban J connectivity index is 1.05. The highest BCUT2D eigenvalue weighted by atomic mass is 32.1. The number of benzene rings is 10. The van der Waals surface area contributed by atoms with E-state index in [2.05, 4.69) is 229 Å².